The zero-order chi connectivity index (χ0) is 11.7. The molecule has 16 heavy (non-hydrogen) atoms. The zero-order valence-corrected chi connectivity index (χ0v) is 8.58. The number of aromatic carboxylic acids is 1. The minimum Gasteiger partial charge on any atom is -0.478 e. The van der Waals surface area contributed by atoms with E-state index in [0.717, 1.165) is 0 Å². The topological polar surface area (TPSA) is 94.0 Å². The molecule has 3 N–H and O–H groups in total. The van der Waals surface area contributed by atoms with E-state index < -0.39 is 5.97 Å². The fourth-order valence-electron chi connectivity index (χ4n) is 1.45. The van der Waals surface area contributed by atoms with E-state index in [1.807, 2.05) is 0 Å². The lowest BCUT2D eigenvalue weighted by Gasteiger charge is -2.01. The highest BCUT2D eigenvalue weighted by Crippen LogP contribution is 2.19. The summed E-state index contributed by atoms with van der Waals surface area (Å²) in [6.45, 7) is 0. The van der Waals surface area contributed by atoms with Crippen LogP contribution in [0.3, 0.4) is 0 Å². The first-order valence-electron chi connectivity index (χ1n) is 4.56. The summed E-state index contributed by atoms with van der Waals surface area (Å²) in [5, 5.41) is 8.85. The van der Waals surface area contributed by atoms with Gasteiger partial charge in [-0.1, -0.05) is 0 Å². The molecule has 6 heteroatoms. The Bertz CT molecular complexity index is 548. The molecule has 0 aliphatic carbocycles. The van der Waals surface area contributed by atoms with Crippen LogP contribution in [-0.2, 0) is 7.05 Å². The van der Waals surface area contributed by atoms with Gasteiger partial charge < -0.3 is 15.4 Å². The van der Waals surface area contributed by atoms with E-state index in [9.17, 15) is 4.79 Å². The van der Waals surface area contributed by atoms with Crippen LogP contribution in [0.1, 0.15) is 10.4 Å². The molecule has 0 aliphatic heterocycles. The van der Waals surface area contributed by atoms with E-state index in [2.05, 4.69) is 9.97 Å². The molecule has 0 bridgehead atoms. The molecule has 2 aromatic rings. The van der Waals surface area contributed by atoms with Crippen molar-refractivity contribution in [3.8, 4) is 11.4 Å². The maximum atomic E-state index is 10.8. The van der Waals surface area contributed by atoms with E-state index >= 15 is 0 Å². The Morgan fingerprint density at radius 3 is 2.88 bits per heavy atom. The van der Waals surface area contributed by atoms with Crippen LogP contribution in [0, 0.1) is 0 Å². The Hall–Kier alpha value is -2.37. The molecule has 2 heterocycles. The minimum atomic E-state index is -0.969. The average Bonchev–Trinajstić information content (AvgIpc) is 2.60. The first kappa shape index (κ1) is 10.2. The molecular weight excluding hydrogens is 208 g/mol. The zero-order valence-electron chi connectivity index (χ0n) is 8.58. The van der Waals surface area contributed by atoms with Gasteiger partial charge in [-0.2, -0.15) is 0 Å². The second-order valence-corrected chi connectivity index (χ2v) is 3.33. The highest BCUT2D eigenvalue weighted by Gasteiger charge is 2.11. The van der Waals surface area contributed by atoms with Gasteiger partial charge in [-0.25, -0.2) is 14.8 Å². The molecule has 2 aromatic heterocycles. The van der Waals surface area contributed by atoms with Gasteiger partial charge in [0.15, 0.2) is 0 Å². The highest BCUT2D eigenvalue weighted by atomic mass is 16.4. The number of hydrogen-bond donors (Lipinski definition) is 2. The number of hydrogen-bond acceptors (Lipinski definition) is 4. The van der Waals surface area contributed by atoms with Gasteiger partial charge >= 0.3 is 5.97 Å². The third-order valence-electron chi connectivity index (χ3n) is 2.19. The molecule has 0 saturated carbocycles. The number of carboxylic acid groups (broad SMARTS) is 1. The van der Waals surface area contributed by atoms with Crippen LogP contribution in [0.4, 0.5) is 5.95 Å². The lowest BCUT2D eigenvalue weighted by Crippen LogP contribution is -1.97. The normalized spacial score (nSPS) is 10.3. The van der Waals surface area contributed by atoms with Crippen molar-refractivity contribution in [2.24, 2.45) is 7.05 Å². The summed E-state index contributed by atoms with van der Waals surface area (Å²) < 4.78 is 1.69. The second kappa shape index (κ2) is 3.65. The minimum absolute atomic E-state index is 0.163. The summed E-state index contributed by atoms with van der Waals surface area (Å²) >= 11 is 0. The summed E-state index contributed by atoms with van der Waals surface area (Å²) in [5.74, 6) is -0.806. The highest BCUT2D eigenvalue weighted by molar-refractivity contribution is 5.89. The van der Waals surface area contributed by atoms with E-state index in [4.69, 9.17) is 10.8 Å². The molecule has 0 spiro atoms. The molecule has 0 atom stereocenters. The Morgan fingerprint density at radius 1 is 1.56 bits per heavy atom. The van der Waals surface area contributed by atoms with Gasteiger partial charge in [0, 0.05) is 19.4 Å². The smallest absolute Gasteiger partial charge is 0.337 e. The standard InChI is InChI=1S/C10H10N4O2/c1-14-5-6(9(15)16)4-8(14)7-2-3-12-10(11)13-7/h2-5H,1H3,(H,15,16)(H2,11,12,13). The number of carbonyl (C=O) groups is 1. The van der Waals surface area contributed by atoms with Crippen LogP contribution in [0.5, 0.6) is 0 Å². The molecule has 0 unspecified atom stereocenters. The fourth-order valence-corrected chi connectivity index (χ4v) is 1.45. The lowest BCUT2D eigenvalue weighted by molar-refractivity contribution is 0.0697. The molecule has 0 amide bonds. The van der Waals surface area contributed by atoms with Crippen molar-refractivity contribution in [1.82, 2.24) is 14.5 Å². The van der Waals surface area contributed by atoms with E-state index in [-0.39, 0.29) is 11.5 Å². The van der Waals surface area contributed by atoms with Crippen molar-refractivity contribution >= 4 is 11.9 Å². The molecule has 0 fully saturated rings. The molecule has 0 saturated heterocycles. The number of carboxylic acids is 1. The van der Waals surface area contributed by atoms with Gasteiger partial charge in [0.2, 0.25) is 5.95 Å². The maximum Gasteiger partial charge on any atom is 0.337 e. The third-order valence-corrected chi connectivity index (χ3v) is 2.19. The molecule has 6 nitrogen and oxygen atoms in total. The Balaban J connectivity index is 2.52. The van der Waals surface area contributed by atoms with Crippen LogP contribution in [0.15, 0.2) is 24.5 Å². The number of nitrogen functional groups attached to an aromatic ring is 1. The summed E-state index contributed by atoms with van der Waals surface area (Å²) in [6, 6.07) is 3.22. The predicted molar refractivity (Wildman–Crippen MR) is 57.8 cm³/mol. The first-order chi connectivity index (χ1) is 7.58. The van der Waals surface area contributed by atoms with Crippen LogP contribution in [-0.4, -0.2) is 25.6 Å². The SMILES string of the molecule is Cn1cc(C(=O)O)cc1-c1ccnc(N)n1. The van der Waals surface area contributed by atoms with Gasteiger partial charge in [0.25, 0.3) is 0 Å². The monoisotopic (exact) mass is 218 g/mol. The van der Waals surface area contributed by atoms with Crippen LogP contribution < -0.4 is 5.73 Å². The molecule has 0 aromatic carbocycles. The van der Waals surface area contributed by atoms with Gasteiger partial charge in [-0.15, -0.1) is 0 Å². The fraction of sp³-hybridized carbons (Fsp3) is 0.100. The third kappa shape index (κ3) is 1.72. The molecule has 82 valence electrons. The van der Waals surface area contributed by atoms with Crippen molar-refractivity contribution in [3.63, 3.8) is 0 Å². The summed E-state index contributed by atoms with van der Waals surface area (Å²) in [6.07, 6.45) is 3.06. The van der Waals surface area contributed by atoms with Crippen molar-refractivity contribution in [3.05, 3.63) is 30.1 Å². The Labute approximate surface area is 91.4 Å². The second-order valence-electron chi connectivity index (χ2n) is 3.33. The number of nitrogens with zero attached hydrogens (tertiary/aromatic N) is 3. The van der Waals surface area contributed by atoms with Crippen molar-refractivity contribution in [1.29, 1.82) is 0 Å². The first-order valence-corrected chi connectivity index (χ1v) is 4.56. The lowest BCUT2D eigenvalue weighted by atomic mass is 10.2. The molecular formula is C10H10N4O2. The van der Waals surface area contributed by atoms with Crippen molar-refractivity contribution in [2.45, 2.75) is 0 Å². The number of aryl methyl sites for hydroxylation is 1. The average molecular weight is 218 g/mol. The van der Waals surface area contributed by atoms with E-state index in [0.29, 0.717) is 11.4 Å². The van der Waals surface area contributed by atoms with Gasteiger partial charge in [-0.05, 0) is 12.1 Å². The Kier molecular flexibility index (Phi) is 2.32. The predicted octanol–water partition coefficient (Wildman–Crippen LogP) is 0.762. The number of rotatable bonds is 2. The summed E-state index contributed by atoms with van der Waals surface area (Å²) in [5.41, 5.74) is 6.97. The van der Waals surface area contributed by atoms with Gasteiger partial charge in [-0.3, -0.25) is 0 Å². The van der Waals surface area contributed by atoms with Crippen LogP contribution >= 0.6 is 0 Å². The number of anilines is 1. The van der Waals surface area contributed by atoms with Crippen LogP contribution in [0.25, 0.3) is 11.4 Å². The van der Waals surface area contributed by atoms with Crippen LogP contribution in [0.2, 0.25) is 0 Å². The summed E-state index contributed by atoms with van der Waals surface area (Å²) in [7, 11) is 1.75. The molecule has 2 rings (SSSR count). The van der Waals surface area contributed by atoms with E-state index in [1.54, 1.807) is 23.7 Å². The number of nitrogens with two attached hydrogens (primary N) is 1. The molecule has 0 aliphatic rings. The molecule has 0 radical (unpaired) electrons. The Morgan fingerprint density at radius 2 is 2.31 bits per heavy atom. The summed E-state index contributed by atoms with van der Waals surface area (Å²) in [4.78, 5) is 18.6. The van der Waals surface area contributed by atoms with Crippen molar-refractivity contribution in [2.75, 3.05) is 5.73 Å². The van der Waals surface area contributed by atoms with E-state index in [1.165, 1.54) is 12.4 Å². The maximum absolute atomic E-state index is 10.8. The quantitative estimate of drug-likeness (QED) is 0.776. The van der Waals surface area contributed by atoms with Crippen molar-refractivity contribution < 1.29 is 9.90 Å². The van der Waals surface area contributed by atoms with Gasteiger partial charge in [0.1, 0.15) is 0 Å². The largest absolute Gasteiger partial charge is 0.478 e. The number of aromatic nitrogens is 3. The van der Waals surface area contributed by atoms with Gasteiger partial charge in [0.05, 0.1) is 17.0 Å².